The highest BCUT2D eigenvalue weighted by Gasteiger charge is 2.38. The predicted molar refractivity (Wildman–Crippen MR) is 116 cm³/mol. The summed E-state index contributed by atoms with van der Waals surface area (Å²) < 4.78 is 33.3. The molecule has 1 aromatic carbocycles. The number of alkyl halides is 3. The van der Waals surface area contributed by atoms with E-state index < -0.39 is 12.1 Å². The van der Waals surface area contributed by atoms with E-state index in [1.165, 1.54) is 4.52 Å². The van der Waals surface area contributed by atoms with Crippen LogP contribution in [-0.4, -0.2) is 56.5 Å². The maximum absolute atomic E-state index is 10.6. The number of anilines is 1. The number of nitrogens with zero attached hydrogens (tertiary/aromatic N) is 4. The molecule has 178 valence electrons. The molecule has 1 saturated heterocycles. The van der Waals surface area contributed by atoms with Gasteiger partial charge < -0.3 is 27.2 Å². The van der Waals surface area contributed by atoms with Gasteiger partial charge in [-0.2, -0.15) is 22.7 Å². The first-order chi connectivity index (χ1) is 15.5. The Morgan fingerprint density at radius 3 is 2.52 bits per heavy atom. The van der Waals surface area contributed by atoms with Gasteiger partial charge in [-0.15, -0.1) is 5.10 Å². The number of piperazine rings is 1. The van der Waals surface area contributed by atoms with Crippen molar-refractivity contribution in [3.8, 4) is 11.3 Å². The summed E-state index contributed by atoms with van der Waals surface area (Å²) in [7, 11) is 0. The molecule has 0 amide bonds. The number of hydrogen-bond donors (Lipinski definition) is 5. The van der Waals surface area contributed by atoms with Crippen molar-refractivity contribution in [3.63, 3.8) is 0 Å². The minimum atomic E-state index is -5.08. The number of carbonyl (C=O) groups is 1. The Balaban J connectivity index is 0.000000383. The van der Waals surface area contributed by atoms with Crippen molar-refractivity contribution in [2.45, 2.75) is 18.8 Å². The van der Waals surface area contributed by atoms with Gasteiger partial charge in [0.25, 0.3) is 5.78 Å². The number of aromatic nitrogens is 4. The van der Waals surface area contributed by atoms with E-state index in [9.17, 15) is 13.2 Å². The van der Waals surface area contributed by atoms with Crippen LogP contribution in [0.2, 0.25) is 10.0 Å². The molecule has 4 rings (SSSR count). The molecule has 1 aliphatic rings. The lowest BCUT2D eigenvalue weighted by Gasteiger charge is -2.21. The third-order valence-corrected chi connectivity index (χ3v) is 5.17. The van der Waals surface area contributed by atoms with Crippen LogP contribution in [0.25, 0.3) is 17.0 Å². The molecule has 0 aliphatic carbocycles. The summed E-state index contributed by atoms with van der Waals surface area (Å²) in [5, 5.41) is 19.4. The molecular formula is C18H19Cl2F3N8O2. The van der Waals surface area contributed by atoms with Gasteiger partial charge in [0.1, 0.15) is 5.82 Å². The van der Waals surface area contributed by atoms with Crippen molar-refractivity contribution in [2.75, 3.05) is 25.4 Å². The van der Waals surface area contributed by atoms with Gasteiger partial charge in [-0.3, -0.25) is 0 Å². The zero-order chi connectivity index (χ0) is 24.3. The van der Waals surface area contributed by atoms with Crippen LogP contribution in [0.1, 0.15) is 17.4 Å². The number of hydrogen-bond acceptors (Lipinski definition) is 8. The van der Waals surface area contributed by atoms with Crippen LogP contribution in [0.3, 0.4) is 0 Å². The molecule has 3 aromatic rings. The maximum atomic E-state index is 10.6. The van der Waals surface area contributed by atoms with E-state index in [1.54, 1.807) is 18.2 Å². The number of nitrogens with one attached hydrogen (secondary N) is 2. The number of nitrogen functional groups attached to an aromatic ring is 1. The Morgan fingerprint density at radius 1 is 1.27 bits per heavy atom. The van der Waals surface area contributed by atoms with Gasteiger partial charge in [-0.25, -0.2) is 9.78 Å². The molecule has 1 aliphatic heterocycles. The van der Waals surface area contributed by atoms with Crippen LogP contribution in [0.5, 0.6) is 0 Å². The summed E-state index contributed by atoms with van der Waals surface area (Å²) in [4.78, 5) is 18.1. The average molecular weight is 507 g/mol. The van der Waals surface area contributed by atoms with Crippen LogP contribution < -0.4 is 22.1 Å². The van der Waals surface area contributed by atoms with Gasteiger partial charge in [0.2, 0.25) is 0 Å². The summed E-state index contributed by atoms with van der Waals surface area (Å²) in [5.74, 6) is -1.31. The second-order valence-electron chi connectivity index (χ2n) is 6.85. The summed E-state index contributed by atoms with van der Waals surface area (Å²) in [6.45, 7) is 2.71. The standard InChI is InChI=1S/C16H18Cl2N8.C2HF3O2/c17-8-1-2-9(11(18)5-8)13-10(6-19)14(20)26-16(23-13)24-15(25-26)12-7-21-3-4-22-12;3-2(4,5)1(6)7/h1-2,5,12,21-22H,3-4,6-7,19-20H2;(H,6,7). The van der Waals surface area contributed by atoms with Crippen LogP contribution in [-0.2, 0) is 11.3 Å². The molecule has 7 N–H and O–H groups in total. The summed E-state index contributed by atoms with van der Waals surface area (Å²) >= 11 is 12.4. The molecule has 15 heteroatoms. The topological polar surface area (TPSA) is 156 Å². The van der Waals surface area contributed by atoms with Gasteiger partial charge in [-0.1, -0.05) is 23.2 Å². The molecular weight excluding hydrogens is 488 g/mol. The van der Waals surface area contributed by atoms with Crippen molar-refractivity contribution in [1.29, 1.82) is 0 Å². The first-order valence-corrected chi connectivity index (χ1v) is 10.2. The first kappa shape index (κ1) is 24.9. The first-order valence-electron chi connectivity index (χ1n) is 9.47. The fourth-order valence-electron chi connectivity index (χ4n) is 3.06. The molecule has 1 fully saturated rings. The van der Waals surface area contributed by atoms with Crippen LogP contribution in [0.15, 0.2) is 18.2 Å². The fourth-order valence-corrected chi connectivity index (χ4v) is 3.56. The minimum Gasteiger partial charge on any atom is -0.475 e. The number of fused-ring (bicyclic) bond motifs is 1. The highest BCUT2D eigenvalue weighted by atomic mass is 35.5. The Bertz CT molecular complexity index is 1170. The second-order valence-corrected chi connectivity index (χ2v) is 7.69. The molecule has 0 saturated carbocycles. The molecule has 2 aromatic heterocycles. The van der Waals surface area contributed by atoms with Gasteiger partial charge in [-0.05, 0) is 18.2 Å². The maximum Gasteiger partial charge on any atom is 0.490 e. The van der Waals surface area contributed by atoms with E-state index in [-0.39, 0.29) is 12.6 Å². The molecule has 1 atom stereocenters. The predicted octanol–water partition coefficient (Wildman–Crippen LogP) is 2.01. The number of nitrogens with two attached hydrogens (primary N) is 2. The highest BCUT2D eigenvalue weighted by molar-refractivity contribution is 6.36. The molecule has 0 spiro atoms. The summed E-state index contributed by atoms with van der Waals surface area (Å²) in [5.41, 5.74) is 14.2. The smallest absolute Gasteiger partial charge is 0.475 e. The van der Waals surface area contributed by atoms with E-state index in [0.717, 1.165) is 19.6 Å². The Labute approximate surface area is 195 Å². The van der Waals surface area contributed by atoms with E-state index in [2.05, 4.69) is 25.7 Å². The zero-order valence-corrected chi connectivity index (χ0v) is 18.3. The number of carboxylic acids is 1. The van der Waals surface area contributed by atoms with Gasteiger partial charge in [0, 0.05) is 42.3 Å². The van der Waals surface area contributed by atoms with Crippen LogP contribution in [0, 0.1) is 0 Å². The lowest BCUT2D eigenvalue weighted by atomic mass is 10.1. The van der Waals surface area contributed by atoms with E-state index in [0.29, 0.717) is 44.3 Å². The van der Waals surface area contributed by atoms with Crippen molar-refractivity contribution in [2.24, 2.45) is 5.73 Å². The zero-order valence-electron chi connectivity index (χ0n) is 16.8. The number of benzene rings is 1. The molecule has 1 unspecified atom stereocenters. The normalized spacial score (nSPS) is 16.4. The molecule has 33 heavy (non-hydrogen) atoms. The minimum absolute atomic E-state index is 0.00810. The number of rotatable bonds is 3. The Kier molecular flexibility index (Phi) is 7.59. The van der Waals surface area contributed by atoms with Crippen molar-refractivity contribution in [1.82, 2.24) is 30.2 Å². The number of aliphatic carboxylic acids is 1. The van der Waals surface area contributed by atoms with Crippen molar-refractivity contribution < 1.29 is 23.1 Å². The molecule has 0 radical (unpaired) electrons. The second kappa shape index (κ2) is 10.1. The van der Waals surface area contributed by atoms with Crippen molar-refractivity contribution >= 4 is 40.8 Å². The van der Waals surface area contributed by atoms with E-state index >= 15 is 0 Å². The number of carboxylic acid groups (broad SMARTS) is 1. The van der Waals surface area contributed by atoms with E-state index in [1.807, 2.05) is 0 Å². The lowest BCUT2D eigenvalue weighted by molar-refractivity contribution is -0.192. The molecule has 10 nitrogen and oxygen atoms in total. The highest BCUT2D eigenvalue weighted by Crippen LogP contribution is 2.33. The third-order valence-electron chi connectivity index (χ3n) is 4.63. The summed E-state index contributed by atoms with van der Waals surface area (Å²) in [6.07, 6.45) is -5.08. The fraction of sp³-hybridized carbons (Fsp3) is 0.333. The van der Waals surface area contributed by atoms with Crippen molar-refractivity contribution in [3.05, 3.63) is 39.6 Å². The monoisotopic (exact) mass is 506 g/mol. The van der Waals surface area contributed by atoms with Gasteiger partial charge in [0.05, 0.1) is 16.8 Å². The van der Waals surface area contributed by atoms with E-state index in [4.69, 9.17) is 44.6 Å². The SMILES string of the molecule is NCc1c(-c2ccc(Cl)cc2Cl)nc2nc(C3CNCCN3)nn2c1N.O=C(O)C(F)(F)F. The quantitative estimate of drug-likeness (QED) is 0.358. The Morgan fingerprint density at radius 2 is 1.97 bits per heavy atom. The average Bonchev–Trinajstić information content (AvgIpc) is 3.19. The van der Waals surface area contributed by atoms with Crippen LogP contribution in [0.4, 0.5) is 19.0 Å². The third kappa shape index (κ3) is 5.62. The number of halogens is 5. The molecule has 3 heterocycles. The van der Waals surface area contributed by atoms with Gasteiger partial charge in [0.15, 0.2) is 5.82 Å². The lowest BCUT2D eigenvalue weighted by Crippen LogP contribution is -2.43. The van der Waals surface area contributed by atoms with Gasteiger partial charge >= 0.3 is 12.1 Å². The molecule has 0 bridgehead atoms. The Hall–Kier alpha value is -2.71. The summed E-state index contributed by atoms with van der Waals surface area (Å²) in [6, 6.07) is 5.21. The van der Waals surface area contributed by atoms with Crippen LogP contribution >= 0.6 is 23.2 Å². The largest absolute Gasteiger partial charge is 0.490 e.